The number of hydrogen-bond acceptors (Lipinski definition) is 5. The van der Waals surface area contributed by atoms with Crippen LogP contribution in [0.2, 0.25) is 0 Å². The lowest BCUT2D eigenvalue weighted by Gasteiger charge is -2.37. The first-order valence-electron chi connectivity index (χ1n) is 7.51. The molecule has 0 radical (unpaired) electrons. The SMILES string of the molecule is O=C1OC2(CCN(S(=O)(=O)c3ccc(Br)s3)CC2)c2ccccc21. The second kappa shape index (κ2) is 5.66. The summed E-state index contributed by atoms with van der Waals surface area (Å²) in [5, 5.41) is 0. The molecule has 2 aliphatic heterocycles. The van der Waals surface area contributed by atoms with Gasteiger partial charge in [-0.25, -0.2) is 13.2 Å². The van der Waals surface area contributed by atoms with Gasteiger partial charge in [-0.1, -0.05) is 18.2 Å². The predicted molar refractivity (Wildman–Crippen MR) is 93.5 cm³/mol. The van der Waals surface area contributed by atoms with E-state index in [1.165, 1.54) is 15.6 Å². The Bertz CT molecular complexity index is 914. The highest BCUT2D eigenvalue weighted by molar-refractivity contribution is 9.11. The molecule has 0 N–H and O–H groups in total. The number of halogens is 1. The van der Waals surface area contributed by atoms with Crippen LogP contribution in [-0.4, -0.2) is 31.8 Å². The Morgan fingerprint density at radius 3 is 2.50 bits per heavy atom. The lowest BCUT2D eigenvalue weighted by Crippen LogP contribution is -2.45. The maximum Gasteiger partial charge on any atom is 0.339 e. The lowest BCUT2D eigenvalue weighted by atomic mass is 9.84. The van der Waals surface area contributed by atoms with Gasteiger partial charge in [0.1, 0.15) is 9.81 Å². The van der Waals surface area contributed by atoms with Gasteiger partial charge in [-0.2, -0.15) is 4.31 Å². The number of nitrogens with zero attached hydrogens (tertiary/aromatic N) is 1. The summed E-state index contributed by atoms with van der Waals surface area (Å²) >= 11 is 4.50. The quantitative estimate of drug-likeness (QED) is 0.689. The summed E-state index contributed by atoms with van der Waals surface area (Å²) in [5.41, 5.74) is 0.789. The Kier molecular flexibility index (Phi) is 3.83. The Labute approximate surface area is 152 Å². The monoisotopic (exact) mass is 427 g/mol. The fourth-order valence-electron chi connectivity index (χ4n) is 3.37. The number of esters is 1. The number of carbonyl (C=O) groups excluding carboxylic acids is 1. The zero-order valence-electron chi connectivity index (χ0n) is 12.6. The molecule has 0 unspecified atom stereocenters. The van der Waals surface area contributed by atoms with Crippen molar-refractivity contribution < 1.29 is 17.9 Å². The van der Waals surface area contributed by atoms with Gasteiger partial charge in [-0.05, 0) is 34.1 Å². The molecule has 4 rings (SSSR count). The van der Waals surface area contributed by atoms with E-state index in [0.717, 1.165) is 9.35 Å². The lowest BCUT2D eigenvalue weighted by molar-refractivity contribution is -0.0329. The van der Waals surface area contributed by atoms with E-state index in [9.17, 15) is 13.2 Å². The van der Waals surface area contributed by atoms with Crippen LogP contribution in [0.3, 0.4) is 0 Å². The van der Waals surface area contributed by atoms with Crippen LogP contribution in [0, 0.1) is 0 Å². The largest absolute Gasteiger partial charge is 0.450 e. The minimum absolute atomic E-state index is 0.316. The molecule has 1 aromatic heterocycles. The van der Waals surface area contributed by atoms with Crippen molar-refractivity contribution in [2.45, 2.75) is 22.7 Å². The standard InChI is InChI=1S/C16H14BrNO4S2/c17-13-5-6-14(23-13)24(20,21)18-9-7-16(8-10-18)12-4-2-1-3-11(12)15(19)22-16/h1-6H,7-10H2. The second-order valence-electron chi connectivity index (χ2n) is 5.89. The first kappa shape index (κ1) is 16.3. The summed E-state index contributed by atoms with van der Waals surface area (Å²) in [7, 11) is -3.50. The number of benzene rings is 1. The molecule has 0 bridgehead atoms. The third-order valence-corrected chi connectivity index (χ3v) is 8.59. The van der Waals surface area contributed by atoms with Crippen LogP contribution in [0.15, 0.2) is 44.4 Å². The summed E-state index contributed by atoms with van der Waals surface area (Å²) in [5.74, 6) is -0.316. The van der Waals surface area contributed by atoms with Crippen LogP contribution in [0.5, 0.6) is 0 Å². The summed E-state index contributed by atoms with van der Waals surface area (Å²) in [4.78, 5) is 12.1. The van der Waals surface area contributed by atoms with Gasteiger partial charge in [0, 0.05) is 31.5 Å². The van der Waals surface area contributed by atoms with E-state index < -0.39 is 15.6 Å². The highest BCUT2D eigenvalue weighted by atomic mass is 79.9. The summed E-state index contributed by atoms with van der Waals surface area (Å²) < 4.78 is 33.7. The van der Waals surface area contributed by atoms with Gasteiger partial charge in [-0.3, -0.25) is 0 Å². The first-order valence-corrected chi connectivity index (χ1v) is 10.6. The number of thiophene rings is 1. The van der Waals surface area contributed by atoms with Crippen molar-refractivity contribution in [3.05, 3.63) is 51.3 Å². The Morgan fingerprint density at radius 2 is 1.83 bits per heavy atom. The molecule has 1 fully saturated rings. The first-order chi connectivity index (χ1) is 11.4. The Hall–Kier alpha value is -1.22. The molecule has 0 amide bonds. The molecule has 2 aliphatic rings. The van der Waals surface area contributed by atoms with E-state index >= 15 is 0 Å². The molecule has 0 aliphatic carbocycles. The number of rotatable bonds is 2. The minimum atomic E-state index is -3.50. The van der Waals surface area contributed by atoms with Crippen molar-refractivity contribution in [2.24, 2.45) is 0 Å². The molecule has 24 heavy (non-hydrogen) atoms. The zero-order chi connectivity index (χ0) is 16.9. The number of sulfonamides is 1. The molecule has 0 atom stereocenters. The highest BCUT2D eigenvalue weighted by Gasteiger charge is 2.48. The van der Waals surface area contributed by atoms with Crippen molar-refractivity contribution in [2.75, 3.05) is 13.1 Å². The number of hydrogen-bond donors (Lipinski definition) is 0. The van der Waals surface area contributed by atoms with Crippen LogP contribution in [0.1, 0.15) is 28.8 Å². The van der Waals surface area contributed by atoms with E-state index in [4.69, 9.17) is 4.74 Å². The molecular formula is C16H14BrNO4S2. The van der Waals surface area contributed by atoms with Crippen LogP contribution in [0.4, 0.5) is 0 Å². The van der Waals surface area contributed by atoms with Crippen molar-refractivity contribution in [3.63, 3.8) is 0 Å². The Balaban J connectivity index is 1.59. The average Bonchev–Trinajstić information content (AvgIpc) is 3.12. The van der Waals surface area contributed by atoms with E-state index in [1.807, 2.05) is 18.2 Å². The van der Waals surface area contributed by atoms with Crippen LogP contribution in [0.25, 0.3) is 0 Å². The van der Waals surface area contributed by atoms with E-state index in [0.29, 0.717) is 35.7 Å². The van der Waals surface area contributed by atoms with Crippen molar-refractivity contribution in [3.8, 4) is 0 Å². The van der Waals surface area contributed by atoms with E-state index in [-0.39, 0.29) is 5.97 Å². The molecule has 8 heteroatoms. The normalized spacial score (nSPS) is 20.1. The predicted octanol–water partition coefficient (Wildman–Crippen LogP) is 3.36. The minimum Gasteiger partial charge on any atom is -0.450 e. The smallest absolute Gasteiger partial charge is 0.339 e. The number of piperidine rings is 1. The van der Waals surface area contributed by atoms with Crippen LogP contribution >= 0.6 is 27.3 Å². The van der Waals surface area contributed by atoms with Gasteiger partial charge < -0.3 is 4.74 Å². The van der Waals surface area contributed by atoms with Gasteiger partial charge in [0.2, 0.25) is 0 Å². The van der Waals surface area contributed by atoms with Crippen molar-refractivity contribution in [1.29, 1.82) is 0 Å². The number of carbonyl (C=O) groups is 1. The second-order valence-corrected chi connectivity index (χ2v) is 10.5. The molecule has 2 aromatic rings. The Morgan fingerprint density at radius 1 is 1.12 bits per heavy atom. The van der Waals surface area contributed by atoms with Gasteiger partial charge in [0.15, 0.2) is 0 Å². The fraction of sp³-hybridized carbons (Fsp3) is 0.312. The third-order valence-electron chi connectivity index (χ3n) is 4.60. The van der Waals surface area contributed by atoms with Gasteiger partial charge in [-0.15, -0.1) is 11.3 Å². The zero-order valence-corrected chi connectivity index (χ0v) is 15.8. The van der Waals surface area contributed by atoms with Crippen molar-refractivity contribution >= 4 is 43.3 Å². The molecule has 5 nitrogen and oxygen atoms in total. The summed E-state index contributed by atoms with van der Waals surface area (Å²) in [6, 6.07) is 10.7. The van der Waals surface area contributed by atoms with Gasteiger partial charge in [0.25, 0.3) is 10.0 Å². The number of fused-ring (bicyclic) bond motifs is 2. The highest BCUT2D eigenvalue weighted by Crippen LogP contribution is 2.45. The molecule has 0 saturated carbocycles. The van der Waals surface area contributed by atoms with E-state index in [2.05, 4.69) is 15.9 Å². The molecule has 126 valence electrons. The molecule has 3 heterocycles. The van der Waals surface area contributed by atoms with Crippen molar-refractivity contribution in [1.82, 2.24) is 4.31 Å². The molecule has 1 aromatic carbocycles. The van der Waals surface area contributed by atoms with Gasteiger partial charge >= 0.3 is 5.97 Å². The van der Waals surface area contributed by atoms with Crippen LogP contribution in [-0.2, 0) is 20.4 Å². The topological polar surface area (TPSA) is 63.7 Å². The summed E-state index contributed by atoms with van der Waals surface area (Å²) in [6.45, 7) is 0.666. The fourth-order valence-corrected chi connectivity index (χ4v) is 6.97. The average molecular weight is 428 g/mol. The van der Waals surface area contributed by atoms with Gasteiger partial charge in [0.05, 0.1) is 9.35 Å². The molecule has 1 spiro atoms. The number of ether oxygens (including phenoxy) is 1. The summed E-state index contributed by atoms with van der Waals surface area (Å²) in [6.07, 6.45) is 0.947. The van der Waals surface area contributed by atoms with E-state index in [1.54, 1.807) is 18.2 Å². The maximum atomic E-state index is 12.7. The molecular weight excluding hydrogens is 414 g/mol. The third kappa shape index (κ3) is 2.44. The maximum absolute atomic E-state index is 12.7. The molecule has 1 saturated heterocycles. The van der Waals surface area contributed by atoms with Crippen LogP contribution < -0.4 is 0 Å².